The molecule has 1 aromatic carbocycles. The molecule has 2 aliphatic rings. The second kappa shape index (κ2) is 57.1. The Morgan fingerprint density at radius 2 is 1.16 bits per heavy atom. The molecule has 1 fully saturated rings. The van der Waals surface area contributed by atoms with Gasteiger partial charge in [-0.2, -0.15) is 23.5 Å². The van der Waals surface area contributed by atoms with Crippen molar-refractivity contribution in [1.29, 1.82) is 0 Å². The van der Waals surface area contributed by atoms with Crippen molar-refractivity contribution in [3.8, 4) is 0 Å². The molecule has 2 aliphatic heterocycles. The first kappa shape index (κ1) is 104. The van der Waals surface area contributed by atoms with Gasteiger partial charge in [-0.3, -0.25) is 81.5 Å². The first-order valence-electron chi connectivity index (χ1n) is 41.8. The van der Waals surface area contributed by atoms with E-state index < -0.39 is 231 Å². The van der Waals surface area contributed by atoms with Crippen LogP contribution in [0.3, 0.4) is 0 Å². The van der Waals surface area contributed by atoms with E-state index in [-0.39, 0.29) is 92.4 Å². The van der Waals surface area contributed by atoms with E-state index in [1.807, 2.05) is 0 Å². The van der Waals surface area contributed by atoms with Crippen molar-refractivity contribution < 1.29 is 112 Å². The maximum Gasteiger partial charge on any atom is 0.326 e. The number of carbonyl (C=O) groups excluding carboxylic acids is 14. The van der Waals surface area contributed by atoms with Crippen molar-refractivity contribution >= 4 is 130 Å². The molecule has 12 atom stereocenters. The number of likely N-dealkylation sites (tertiary alicyclic amines) is 1. The number of nitrogens with zero attached hydrogens (tertiary/aromatic N) is 1. The van der Waals surface area contributed by atoms with Crippen molar-refractivity contribution in [2.75, 3.05) is 31.1 Å². The molecule has 0 saturated carbocycles. The number of aliphatic hydroxyl groups is 1. The summed E-state index contributed by atoms with van der Waals surface area (Å²) in [6.07, 6.45) is 10.3. The smallest absolute Gasteiger partial charge is 0.326 e. The number of aliphatic carboxylic acids is 4. The quantitative estimate of drug-likeness (QED) is 0.0408. The number of rotatable bonds is 45. The van der Waals surface area contributed by atoms with E-state index in [9.17, 15) is 112 Å². The summed E-state index contributed by atoms with van der Waals surface area (Å²) in [5, 5.41) is 75.1. The lowest BCUT2D eigenvalue weighted by Crippen LogP contribution is -2.59. The maximum absolute atomic E-state index is 14.9. The minimum Gasteiger partial charge on any atom is -0.481 e. The van der Waals surface area contributed by atoms with Gasteiger partial charge in [-0.05, 0) is 88.2 Å². The van der Waals surface area contributed by atoms with Crippen molar-refractivity contribution in [2.45, 2.75) is 313 Å². The molecule has 0 radical (unpaired) electrons. The van der Waals surface area contributed by atoms with E-state index in [0.717, 1.165) is 68.0 Å². The fourth-order valence-corrected chi connectivity index (χ4v) is 15.9. The van der Waals surface area contributed by atoms with E-state index in [2.05, 4.69) is 60.1 Å². The summed E-state index contributed by atoms with van der Waals surface area (Å²) in [5.74, 6) is -23.0. The Balaban J connectivity index is 2.08. The largest absolute Gasteiger partial charge is 0.481 e. The fourth-order valence-electron chi connectivity index (χ4n) is 13.7. The first-order chi connectivity index (χ1) is 56.4. The van der Waals surface area contributed by atoms with Gasteiger partial charge in [-0.15, -0.1) is 0 Å². The molecule has 37 heteroatoms. The molecule has 119 heavy (non-hydrogen) atoms. The molecule has 12 amide bonds. The van der Waals surface area contributed by atoms with Gasteiger partial charge in [0.1, 0.15) is 42.3 Å². The summed E-state index contributed by atoms with van der Waals surface area (Å²) >= 11 is 2.09. The van der Waals surface area contributed by atoms with Crippen LogP contribution in [0.15, 0.2) is 24.3 Å². The molecule has 35 nitrogen and oxygen atoms in total. The third-order valence-corrected chi connectivity index (χ3v) is 22.6. The van der Waals surface area contributed by atoms with Crippen LogP contribution < -0.4 is 58.9 Å². The third kappa shape index (κ3) is 42.5. The Morgan fingerprint density at radius 1 is 0.597 bits per heavy atom. The molecule has 0 aliphatic carbocycles. The Kier molecular flexibility index (Phi) is 49.8. The second-order valence-corrected chi connectivity index (χ2v) is 33.8. The van der Waals surface area contributed by atoms with E-state index in [4.69, 9.17) is 5.73 Å². The Hall–Kier alpha value is -9.26. The molecule has 0 spiro atoms. The molecule has 0 aromatic heterocycles. The molecule has 2 heterocycles. The Morgan fingerprint density at radius 3 is 1.71 bits per heavy atom. The zero-order chi connectivity index (χ0) is 88.7. The van der Waals surface area contributed by atoms with E-state index in [1.54, 1.807) is 52.0 Å². The molecular formula is C82H130N12O23S2. The van der Waals surface area contributed by atoms with Crippen LogP contribution >= 0.6 is 23.5 Å². The monoisotopic (exact) mass is 1710 g/mol. The van der Waals surface area contributed by atoms with Crippen LogP contribution in [0.1, 0.15) is 252 Å². The van der Waals surface area contributed by atoms with Crippen LogP contribution in [-0.4, -0.2) is 228 Å². The molecule has 0 unspecified atom stereocenters. The zero-order valence-corrected chi connectivity index (χ0v) is 71.6. The molecule has 668 valence electrons. The van der Waals surface area contributed by atoms with Gasteiger partial charge in [-0.25, -0.2) is 4.79 Å². The van der Waals surface area contributed by atoms with Crippen LogP contribution in [-0.2, 0) is 97.8 Å². The molecule has 1 aromatic rings. The van der Waals surface area contributed by atoms with Crippen molar-refractivity contribution in [3.63, 3.8) is 0 Å². The van der Waals surface area contributed by atoms with Crippen LogP contribution in [0.4, 0.5) is 0 Å². The SMILES string of the molecule is CCCCCCCCCCCCCCCCCC(=O)NCCC(=O)N[C@@H](CC(C)C)C(=O)C[C@@H](CCC(N)=O)C(=O)N[C@H]1CSCc2ccccc2CSC[C@@H](C(=O)N[C@@H](CC(C)C)C(=O)N2CCC[C@H]2C(=O)O)NC(=O)[C@H](CCC(=O)O)NC(=O)CNC(=O)[C@H]([C@H](C)O)NC(=O)[C@H](CCC(=O)O)CC(=O)[C@H](C)NC(=O)[C@H](CC(=O)O)NC1=O. The number of carboxylic acid groups (broad SMARTS) is 4. The fraction of sp³-hybridized carbons (Fsp3) is 0.707. The first-order valence-corrected chi connectivity index (χ1v) is 44.1. The molecule has 1 saturated heterocycles. The summed E-state index contributed by atoms with van der Waals surface area (Å²) < 4.78 is 0. The summed E-state index contributed by atoms with van der Waals surface area (Å²) in [6.45, 7) is 10.5. The number of fused-ring (bicyclic) bond motifs is 1. The molecular weight excluding hydrogens is 1590 g/mol. The maximum atomic E-state index is 14.9. The van der Waals surface area contributed by atoms with Gasteiger partial charge in [0.05, 0.1) is 31.2 Å². The van der Waals surface area contributed by atoms with E-state index >= 15 is 0 Å². The van der Waals surface area contributed by atoms with Crippen LogP contribution in [0, 0.1) is 23.7 Å². The highest BCUT2D eigenvalue weighted by molar-refractivity contribution is 7.99. The molecule has 3 rings (SSSR count). The zero-order valence-electron chi connectivity index (χ0n) is 70.0. The predicted molar refractivity (Wildman–Crippen MR) is 444 cm³/mol. The third-order valence-electron chi connectivity index (χ3n) is 20.4. The average Bonchev–Trinajstić information content (AvgIpc) is 1.76. The van der Waals surface area contributed by atoms with Gasteiger partial charge in [0.25, 0.3) is 0 Å². The predicted octanol–water partition coefficient (Wildman–Crippen LogP) is 4.12. The normalized spacial score (nSPS) is 20.9. The minimum atomic E-state index is -2.03. The molecule has 17 N–H and O–H groups in total. The van der Waals surface area contributed by atoms with Gasteiger partial charge in [0.15, 0.2) is 11.6 Å². The number of hydrogen-bond acceptors (Lipinski definition) is 21. The summed E-state index contributed by atoms with van der Waals surface area (Å²) in [7, 11) is 0. The number of aliphatic hydroxyl groups excluding tert-OH is 1. The summed E-state index contributed by atoms with van der Waals surface area (Å²) in [5.41, 5.74) is 6.76. The van der Waals surface area contributed by atoms with Crippen molar-refractivity contribution in [1.82, 2.24) is 58.1 Å². The van der Waals surface area contributed by atoms with Crippen molar-refractivity contribution in [3.05, 3.63) is 35.4 Å². The molecule has 0 bridgehead atoms. The topological polar surface area (TPSA) is 558 Å². The number of unbranched alkanes of at least 4 members (excludes halogenated alkanes) is 14. The van der Waals surface area contributed by atoms with E-state index in [1.165, 1.54) is 64.2 Å². The van der Waals surface area contributed by atoms with Crippen LogP contribution in [0.5, 0.6) is 0 Å². The number of Topliss-reactive ketones (excluding diaryl/α,β-unsaturated/α-hetero) is 2. The van der Waals surface area contributed by atoms with Crippen LogP contribution in [0.2, 0.25) is 0 Å². The Labute approximate surface area is 705 Å². The lowest BCUT2D eigenvalue weighted by Gasteiger charge is -2.30. The number of amides is 12. The lowest BCUT2D eigenvalue weighted by molar-refractivity contribution is -0.149. The van der Waals surface area contributed by atoms with Gasteiger partial charge in [-0.1, -0.05) is 149 Å². The number of carbonyl (C=O) groups is 18. The van der Waals surface area contributed by atoms with Gasteiger partial charge in [0, 0.05) is 92.9 Å². The Bertz CT molecular complexity index is 3550. The highest BCUT2D eigenvalue weighted by Gasteiger charge is 2.41. The number of carboxylic acids is 4. The van der Waals surface area contributed by atoms with Gasteiger partial charge >= 0.3 is 23.9 Å². The second-order valence-electron chi connectivity index (χ2n) is 31.7. The van der Waals surface area contributed by atoms with Crippen molar-refractivity contribution in [2.24, 2.45) is 29.4 Å². The lowest BCUT2D eigenvalue weighted by atomic mass is 9.90. The number of hydrogen-bond donors (Lipinski definition) is 16. The standard InChI is InChI=1S/C82H130N12O23S2/c1-8-9-10-11-12-13-14-15-16-17-18-19-20-21-22-29-67(99)84-37-36-68(100)88-58(39-49(2)3)65(97)42-53(30-33-66(83)98)74(108)91-61-47-118-45-55-26-23-24-27-56(55)46-119-48-62(79(113)90-60(40-50(4)5)81(115)94-38-25-28-63(94)82(116)117)92-76(110)57(32-35-71(104)105)87-69(101)44-85-80(114)73(52(7)95)93-75(109)54(31-34-70(102)103)41-64(96)51(6)86-77(111)59(43-72(106)107)89-78(61)112/h23-24,26-27,49-54,57-63,73,95H,8-22,25,28-48H2,1-7H3,(H2,83,98)(H,84,99)(H,85,114)(H,86,111)(H,87,101)(H,88,100)(H,89,112)(H,90,113)(H,91,108)(H,92,110)(H,93,109)(H,102,103)(H,104,105)(H,106,107)(H,116,117)/t51-,52-,53+,54+,57-,58-,59-,60-,61-,62-,63-,73-/m0/s1. The summed E-state index contributed by atoms with van der Waals surface area (Å²) in [4.78, 5) is 246. The number of nitrogens with one attached hydrogen (secondary N) is 10. The number of benzene rings is 1. The number of primary amides is 1. The van der Waals surface area contributed by atoms with Gasteiger partial charge in [0.2, 0.25) is 70.9 Å². The van der Waals surface area contributed by atoms with E-state index in [0.29, 0.717) is 24.0 Å². The van der Waals surface area contributed by atoms with Gasteiger partial charge < -0.3 is 89.3 Å². The number of thioether (sulfide) groups is 2. The number of nitrogens with two attached hydrogens (primary N) is 1. The highest BCUT2D eigenvalue weighted by Crippen LogP contribution is 2.26. The highest BCUT2D eigenvalue weighted by atomic mass is 32.2. The minimum absolute atomic E-state index is 0.00311. The number of ketones is 2. The van der Waals surface area contributed by atoms with Crippen LogP contribution in [0.25, 0.3) is 0 Å². The summed E-state index contributed by atoms with van der Waals surface area (Å²) in [6, 6.07) is -7.65. The average molecular weight is 1720 g/mol.